The second kappa shape index (κ2) is 7.71. The van der Waals surface area contributed by atoms with Gasteiger partial charge in [0.2, 0.25) is 0 Å². The van der Waals surface area contributed by atoms with Gasteiger partial charge in [0.1, 0.15) is 6.10 Å². The molecule has 1 saturated heterocycles. The normalized spacial score (nSPS) is 38.8. The summed E-state index contributed by atoms with van der Waals surface area (Å²) in [7, 11) is 1.32. The highest BCUT2D eigenvalue weighted by Gasteiger charge is 2.68. The van der Waals surface area contributed by atoms with Gasteiger partial charge in [-0.1, -0.05) is 12.5 Å². The summed E-state index contributed by atoms with van der Waals surface area (Å²) in [5.41, 5.74) is 1.05. The van der Waals surface area contributed by atoms with Crippen molar-refractivity contribution in [2.45, 2.75) is 84.5 Å². The van der Waals surface area contributed by atoms with E-state index in [9.17, 15) is 14.4 Å². The van der Waals surface area contributed by atoms with Gasteiger partial charge in [-0.2, -0.15) is 0 Å². The van der Waals surface area contributed by atoms with Gasteiger partial charge in [-0.15, -0.1) is 0 Å². The number of carbonyl (C=O) groups excluding carboxylic acids is 3. The minimum Gasteiger partial charge on any atom is -0.466 e. The Kier molecular flexibility index (Phi) is 5.78. The molecule has 29 heavy (non-hydrogen) atoms. The Morgan fingerprint density at radius 1 is 1.24 bits per heavy atom. The molecule has 0 aromatic carbocycles. The van der Waals surface area contributed by atoms with Gasteiger partial charge in [0.25, 0.3) is 0 Å². The monoisotopic (exact) mass is 404 g/mol. The molecular formula is C23H32O6. The van der Waals surface area contributed by atoms with Crippen molar-refractivity contribution in [3.05, 3.63) is 22.8 Å². The number of ether oxygens (including phenoxy) is 3. The van der Waals surface area contributed by atoms with Crippen LogP contribution in [0.5, 0.6) is 0 Å². The molecule has 2 fully saturated rings. The SMILES string of the molecule is COC(=O)C(C)=C1CC2C(C)(CCCC(C)=CC1=O)C(OC(C)=O)CC1OC12C. The van der Waals surface area contributed by atoms with Crippen molar-refractivity contribution in [3.8, 4) is 0 Å². The first-order valence-corrected chi connectivity index (χ1v) is 10.4. The summed E-state index contributed by atoms with van der Waals surface area (Å²) in [6.07, 6.45) is 4.97. The minimum absolute atomic E-state index is 0.0000661. The van der Waals surface area contributed by atoms with Crippen LogP contribution in [0.15, 0.2) is 22.8 Å². The zero-order valence-electron chi connectivity index (χ0n) is 18.3. The maximum absolute atomic E-state index is 13.1. The van der Waals surface area contributed by atoms with Crippen molar-refractivity contribution >= 4 is 17.7 Å². The molecule has 0 amide bonds. The van der Waals surface area contributed by atoms with Crippen molar-refractivity contribution in [3.63, 3.8) is 0 Å². The molecule has 3 rings (SSSR count). The van der Waals surface area contributed by atoms with Crippen molar-refractivity contribution in [1.29, 1.82) is 0 Å². The summed E-state index contributed by atoms with van der Waals surface area (Å²) in [5.74, 6) is -0.998. The first-order valence-electron chi connectivity index (χ1n) is 10.4. The van der Waals surface area contributed by atoms with E-state index in [1.807, 2.05) is 6.92 Å². The molecular weight excluding hydrogens is 372 g/mol. The first kappa shape index (κ1) is 21.8. The van der Waals surface area contributed by atoms with Crippen LogP contribution >= 0.6 is 0 Å². The highest BCUT2D eigenvalue weighted by molar-refractivity contribution is 6.09. The Labute approximate surface area is 172 Å². The van der Waals surface area contributed by atoms with E-state index in [-0.39, 0.29) is 40.9 Å². The fourth-order valence-electron chi connectivity index (χ4n) is 5.41. The van der Waals surface area contributed by atoms with Crippen molar-refractivity contribution in [2.75, 3.05) is 7.11 Å². The summed E-state index contributed by atoms with van der Waals surface area (Å²) in [4.78, 5) is 37.2. The van der Waals surface area contributed by atoms with Crippen molar-refractivity contribution in [2.24, 2.45) is 11.3 Å². The van der Waals surface area contributed by atoms with Crippen molar-refractivity contribution < 1.29 is 28.6 Å². The van der Waals surface area contributed by atoms with Crippen LogP contribution in [0.4, 0.5) is 0 Å². The lowest BCUT2D eigenvalue weighted by molar-refractivity contribution is -0.161. The second-order valence-electron chi connectivity index (χ2n) is 9.19. The zero-order valence-corrected chi connectivity index (χ0v) is 18.3. The number of fused-ring (bicyclic) bond motifs is 3. The van der Waals surface area contributed by atoms with Crippen LogP contribution in [0.1, 0.15) is 66.7 Å². The van der Waals surface area contributed by atoms with Crippen molar-refractivity contribution in [1.82, 2.24) is 0 Å². The molecule has 0 aromatic heterocycles. The summed E-state index contributed by atoms with van der Waals surface area (Å²) >= 11 is 0. The summed E-state index contributed by atoms with van der Waals surface area (Å²) in [6.45, 7) is 9.24. The molecule has 0 radical (unpaired) electrons. The third-order valence-corrected chi connectivity index (χ3v) is 7.25. The van der Waals surface area contributed by atoms with Crippen LogP contribution in [0.3, 0.4) is 0 Å². The number of rotatable bonds is 2. The van der Waals surface area contributed by atoms with Gasteiger partial charge in [-0.3, -0.25) is 9.59 Å². The van der Waals surface area contributed by atoms with Crippen LogP contribution in [0, 0.1) is 11.3 Å². The van der Waals surface area contributed by atoms with E-state index in [1.54, 1.807) is 13.0 Å². The fourth-order valence-corrected chi connectivity index (χ4v) is 5.41. The molecule has 2 aliphatic carbocycles. The Morgan fingerprint density at radius 3 is 2.55 bits per heavy atom. The lowest BCUT2D eigenvalue weighted by atomic mass is 9.57. The molecule has 0 N–H and O–H groups in total. The quantitative estimate of drug-likeness (QED) is 0.397. The zero-order chi connectivity index (χ0) is 21.6. The Hall–Kier alpha value is -1.95. The Morgan fingerprint density at radius 2 is 1.93 bits per heavy atom. The van der Waals surface area contributed by atoms with Gasteiger partial charge < -0.3 is 14.2 Å². The minimum atomic E-state index is -0.496. The van der Waals surface area contributed by atoms with Crippen LogP contribution < -0.4 is 0 Å². The molecule has 1 aliphatic heterocycles. The Bertz CT molecular complexity index is 793. The van der Waals surface area contributed by atoms with E-state index in [0.717, 1.165) is 24.8 Å². The maximum Gasteiger partial charge on any atom is 0.333 e. The molecule has 6 heteroatoms. The van der Waals surface area contributed by atoms with E-state index in [0.29, 0.717) is 24.0 Å². The predicted octanol–water partition coefficient (Wildman–Crippen LogP) is 3.68. The summed E-state index contributed by atoms with van der Waals surface area (Å²) < 4.78 is 16.8. The molecule has 1 saturated carbocycles. The summed E-state index contributed by atoms with van der Waals surface area (Å²) in [6, 6.07) is 0. The number of hydrogen-bond donors (Lipinski definition) is 0. The number of methoxy groups -OCH3 is 1. The molecule has 1 heterocycles. The third kappa shape index (κ3) is 3.91. The molecule has 160 valence electrons. The highest BCUT2D eigenvalue weighted by atomic mass is 16.6. The van der Waals surface area contributed by atoms with Gasteiger partial charge in [0.15, 0.2) is 5.78 Å². The molecule has 5 unspecified atom stereocenters. The van der Waals surface area contributed by atoms with Gasteiger partial charge in [0.05, 0.1) is 18.8 Å². The van der Waals surface area contributed by atoms with Gasteiger partial charge in [0, 0.05) is 35.8 Å². The predicted molar refractivity (Wildman–Crippen MR) is 107 cm³/mol. The number of epoxide rings is 1. The molecule has 0 aromatic rings. The second-order valence-corrected chi connectivity index (χ2v) is 9.19. The summed E-state index contributed by atoms with van der Waals surface area (Å²) in [5, 5.41) is 0. The van der Waals surface area contributed by atoms with Crippen LogP contribution in [0.2, 0.25) is 0 Å². The van der Waals surface area contributed by atoms with E-state index < -0.39 is 5.97 Å². The van der Waals surface area contributed by atoms with E-state index in [4.69, 9.17) is 14.2 Å². The van der Waals surface area contributed by atoms with Crippen LogP contribution in [-0.2, 0) is 28.6 Å². The highest BCUT2D eigenvalue weighted by Crippen LogP contribution is 2.62. The number of allylic oxidation sites excluding steroid dienone is 3. The molecule has 6 nitrogen and oxygen atoms in total. The molecule has 0 spiro atoms. The average molecular weight is 405 g/mol. The van der Waals surface area contributed by atoms with Crippen LogP contribution in [0.25, 0.3) is 0 Å². The van der Waals surface area contributed by atoms with Crippen LogP contribution in [-0.4, -0.2) is 42.6 Å². The maximum atomic E-state index is 13.1. The van der Waals surface area contributed by atoms with Gasteiger partial charge in [-0.25, -0.2) is 4.79 Å². The number of ketones is 1. The van der Waals surface area contributed by atoms with E-state index in [1.165, 1.54) is 14.0 Å². The molecule has 0 bridgehead atoms. The van der Waals surface area contributed by atoms with E-state index in [2.05, 4.69) is 13.8 Å². The number of carbonyl (C=O) groups is 3. The number of esters is 2. The van der Waals surface area contributed by atoms with Gasteiger partial charge in [-0.05, 0) is 52.5 Å². The van der Waals surface area contributed by atoms with Gasteiger partial charge >= 0.3 is 11.9 Å². The lowest BCUT2D eigenvalue weighted by Crippen LogP contribution is -2.52. The molecule has 3 aliphatic rings. The largest absolute Gasteiger partial charge is 0.466 e. The standard InChI is InChI=1S/C23H32O6/c1-13-8-7-9-22(4)18(11-16(17(25)10-13)14(2)21(26)27-6)23(5)20(29-23)12-19(22)28-15(3)24/h10,18-20H,7-9,11-12H2,1-6H3. The number of hydrogen-bond acceptors (Lipinski definition) is 6. The Balaban J connectivity index is 2.11. The smallest absolute Gasteiger partial charge is 0.333 e. The average Bonchev–Trinajstić information content (AvgIpc) is 3.30. The topological polar surface area (TPSA) is 82.2 Å². The molecule has 5 atom stereocenters. The third-order valence-electron chi connectivity index (χ3n) is 7.25. The van der Waals surface area contributed by atoms with E-state index >= 15 is 0 Å². The first-order chi connectivity index (χ1) is 13.5. The fraction of sp³-hybridized carbons (Fsp3) is 0.696. The lowest BCUT2D eigenvalue weighted by Gasteiger charge is -2.48.